The van der Waals surface area contributed by atoms with Crippen LogP contribution in [0.3, 0.4) is 0 Å². The minimum atomic E-state index is -2.92. The maximum atomic E-state index is 14.5. The molecule has 1 aromatic heterocycles. The molecule has 2 fully saturated rings. The molecule has 1 N–H and O–H groups in total. The molecule has 0 bridgehead atoms. The molecule has 41 heavy (non-hydrogen) atoms. The second-order valence-corrected chi connectivity index (χ2v) is 10.1. The molecule has 216 valence electrons. The largest absolute Gasteiger partial charge is 0.351 e. The van der Waals surface area contributed by atoms with Crippen molar-refractivity contribution in [2.45, 2.75) is 57.2 Å². The van der Waals surface area contributed by atoms with E-state index in [2.05, 4.69) is 10.3 Å². The van der Waals surface area contributed by atoms with Crippen molar-refractivity contribution in [2.75, 3.05) is 9.80 Å². The summed E-state index contributed by atoms with van der Waals surface area (Å²) < 4.78 is 55.5. The summed E-state index contributed by atoms with van der Waals surface area (Å²) in [6.07, 6.45) is -1.20. The average molecular weight is 591 g/mol. The summed E-state index contributed by atoms with van der Waals surface area (Å²) in [6, 6.07) is 11.3. The van der Waals surface area contributed by atoms with Crippen LogP contribution in [-0.4, -0.2) is 40.7 Å². The molecule has 1 aliphatic carbocycles. The van der Waals surface area contributed by atoms with Crippen molar-refractivity contribution in [2.24, 2.45) is 0 Å². The van der Waals surface area contributed by atoms with Crippen LogP contribution in [0.1, 0.15) is 44.7 Å². The summed E-state index contributed by atoms with van der Waals surface area (Å²) in [5.41, 5.74) is 0.126. The van der Waals surface area contributed by atoms with Crippen molar-refractivity contribution >= 4 is 40.8 Å². The molecular formula is C29H27ClF4N4O3. The number of benzene rings is 2. The Morgan fingerprint density at radius 1 is 1.05 bits per heavy atom. The van der Waals surface area contributed by atoms with Crippen molar-refractivity contribution in [3.8, 4) is 0 Å². The van der Waals surface area contributed by atoms with Gasteiger partial charge in [0.25, 0.3) is 11.8 Å². The smallest absolute Gasteiger partial charge is 0.252 e. The normalized spacial score (nSPS) is 18.7. The number of nitrogens with zero attached hydrogens (tertiary/aromatic N) is 3. The van der Waals surface area contributed by atoms with E-state index in [1.807, 2.05) is 0 Å². The van der Waals surface area contributed by atoms with Gasteiger partial charge in [-0.3, -0.25) is 24.2 Å². The molecule has 5 rings (SSSR count). The van der Waals surface area contributed by atoms with Crippen molar-refractivity contribution in [1.29, 1.82) is 0 Å². The number of anilines is 2. The van der Waals surface area contributed by atoms with Gasteiger partial charge in [0.2, 0.25) is 17.8 Å². The average Bonchev–Trinajstić information content (AvgIpc) is 3.27. The zero-order valence-electron chi connectivity index (χ0n) is 20.9. The molecule has 7 nitrogen and oxygen atoms in total. The maximum Gasteiger partial charge on any atom is 0.252 e. The number of carbonyl (C=O) groups is 3. The topological polar surface area (TPSA) is 82.6 Å². The third-order valence-corrected chi connectivity index (χ3v) is 7.26. The molecule has 1 aliphatic heterocycles. The van der Waals surface area contributed by atoms with Crippen LogP contribution >= 0.6 is 11.6 Å². The molecule has 2 aromatic carbocycles. The zero-order valence-corrected chi connectivity index (χ0v) is 21.6. The molecular weight excluding hydrogens is 564 g/mol. The first-order valence-corrected chi connectivity index (χ1v) is 12.9. The lowest BCUT2D eigenvalue weighted by molar-refractivity contribution is -0.133. The van der Waals surface area contributed by atoms with Gasteiger partial charge >= 0.3 is 0 Å². The van der Waals surface area contributed by atoms with Gasteiger partial charge < -0.3 is 5.32 Å². The fraction of sp³-hybridized carbons (Fsp3) is 0.310. The van der Waals surface area contributed by atoms with Crippen LogP contribution in [0, 0.1) is 11.8 Å². The standard InChI is InChI=1S/C28H23ClF4N4O3.CH4/c29-20-8-2-1-7-19(20)25(26(39)34-17-14-28(32,33)15-17)36(18-6-3-5-16(30)13-18)27(40)21-11-12-24(38)37(21)23-10-4-9-22(31)35-23;/h1-10,13,17,21,25H,11-12,14-15H2,(H,34,39);1H4/t21-,25-;/m0./s1. The summed E-state index contributed by atoms with van der Waals surface area (Å²) in [4.78, 5) is 46.7. The second kappa shape index (κ2) is 11.9. The van der Waals surface area contributed by atoms with Gasteiger partial charge in [-0.2, -0.15) is 4.39 Å². The lowest BCUT2D eigenvalue weighted by Crippen LogP contribution is -2.56. The van der Waals surface area contributed by atoms with E-state index in [-0.39, 0.29) is 42.4 Å². The van der Waals surface area contributed by atoms with Gasteiger partial charge in [-0.1, -0.05) is 49.4 Å². The van der Waals surface area contributed by atoms with E-state index in [1.165, 1.54) is 36.4 Å². The SMILES string of the molecule is C.O=C(NC1CC(F)(F)C1)[C@H](c1ccccc1Cl)N(C(=O)[C@@H]1CCC(=O)N1c1cccc(F)n1)c1cccc(F)c1. The minimum Gasteiger partial charge on any atom is -0.351 e. The maximum absolute atomic E-state index is 14.5. The van der Waals surface area contributed by atoms with Crippen LogP contribution in [-0.2, 0) is 14.4 Å². The van der Waals surface area contributed by atoms with Crippen molar-refractivity contribution in [3.05, 3.63) is 89.1 Å². The number of pyridine rings is 1. The number of hydrogen-bond donors (Lipinski definition) is 1. The van der Waals surface area contributed by atoms with Gasteiger partial charge in [-0.25, -0.2) is 18.2 Å². The minimum absolute atomic E-state index is 0. The summed E-state index contributed by atoms with van der Waals surface area (Å²) in [7, 11) is 0. The quantitative estimate of drug-likeness (QED) is 0.277. The van der Waals surface area contributed by atoms with Crippen molar-refractivity contribution < 1.29 is 31.9 Å². The van der Waals surface area contributed by atoms with E-state index in [0.29, 0.717) is 0 Å². The second-order valence-electron chi connectivity index (χ2n) is 9.72. The number of amides is 3. The Labute approximate surface area is 239 Å². The first kappa shape index (κ1) is 30.0. The van der Waals surface area contributed by atoms with Crippen LogP contribution < -0.4 is 15.1 Å². The number of rotatable bonds is 7. The monoisotopic (exact) mass is 590 g/mol. The predicted molar refractivity (Wildman–Crippen MR) is 146 cm³/mol. The first-order valence-electron chi connectivity index (χ1n) is 12.5. The summed E-state index contributed by atoms with van der Waals surface area (Å²) in [5, 5.41) is 2.66. The van der Waals surface area contributed by atoms with Gasteiger partial charge in [0, 0.05) is 41.6 Å². The van der Waals surface area contributed by atoms with Gasteiger partial charge in [0.1, 0.15) is 23.7 Å². The summed E-state index contributed by atoms with van der Waals surface area (Å²) in [5.74, 6) is -6.69. The Bertz CT molecular complexity index is 1470. The molecule has 0 radical (unpaired) electrons. The van der Waals surface area contributed by atoms with E-state index in [0.717, 1.165) is 28.0 Å². The van der Waals surface area contributed by atoms with E-state index < -0.39 is 66.4 Å². The molecule has 1 saturated carbocycles. The highest BCUT2D eigenvalue weighted by Crippen LogP contribution is 2.39. The molecule has 2 heterocycles. The summed E-state index contributed by atoms with van der Waals surface area (Å²) >= 11 is 6.46. The van der Waals surface area contributed by atoms with Gasteiger partial charge in [0.05, 0.1) is 0 Å². The predicted octanol–water partition coefficient (Wildman–Crippen LogP) is 5.83. The number of aromatic nitrogens is 1. The van der Waals surface area contributed by atoms with Crippen LogP contribution in [0.25, 0.3) is 0 Å². The highest BCUT2D eigenvalue weighted by molar-refractivity contribution is 6.31. The number of carbonyl (C=O) groups excluding carboxylic acids is 3. The highest BCUT2D eigenvalue weighted by atomic mass is 35.5. The molecule has 0 unspecified atom stereocenters. The third kappa shape index (κ3) is 6.19. The van der Waals surface area contributed by atoms with Crippen molar-refractivity contribution in [3.63, 3.8) is 0 Å². The molecule has 3 amide bonds. The fourth-order valence-electron chi connectivity index (χ4n) is 5.06. The lowest BCUT2D eigenvalue weighted by atomic mass is 9.87. The molecule has 3 aromatic rings. The Hall–Kier alpha value is -3.99. The van der Waals surface area contributed by atoms with Crippen LogP contribution in [0.4, 0.5) is 29.1 Å². The van der Waals surface area contributed by atoms with E-state index >= 15 is 0 Å². The third-order valence-electron chi connectivity index (χ3n) is 6.91. The highest BCUT2D eigenvalue weighted by Gasteiger charge is 2.48. The van der Waals surface area contributed by atoms with E-state index in [9.17, 15) is 31.9 Å². The molecule has 1 saturated heterocycles. The van der Waals surface area contributed by atoms with E-state index in [4.69, 9.17) is 11.6 Å². The Morgan fingerprint density at radius 2 is 1.76 bits per heavy atom. The van der Waals surface area contributed by atoms with Crippen LogP contribution in [0.2, 0.25) is 5.02 Å². The number of alkyl halides is 2. The fourth-order valence-corrected chi connectivity index (χ4v) is 5.30. The molecule has 2 atom stereocenters. The lowest BCUT2D eigenvalue weighted by Gasteiger charge is -2.39. The van der Waals surface area contributed by atoms with Crippen LogP contribution in [0.15, 0.2) is 66.7 Å². The Kier molecular flexibility index (Phi) is 8.67. The number of nitrogens with one attached hydrogen (secondary N) is 1. The van der Waals surface area contributed by atoms with Gasteiger partial charge in [-0.05, 0) is 42.8 Å². The molecule has 12 heteroatoms. The number of halogens is 5. The van der Waals surface area contributed by atoms with Gasteiger partial charge in [-0.15, -0.1) is 0 Å². The first-order chi connectivity index (χ1) is 19.0. The molecule has 0 spiro atoms. The summed E-state index contributed by atoms with van der Waals surface area (Å²) in [6.45, 7) is 0. The van der Waals surface area contributed by atoms with Crippen LogP contribution in [0.5, 0.6) is 0 Å². The molecule has 2 aliphatic rings. The van der Waals surface area contributed by atoms with E-state index in [1.54, 1.807) is 12.1 Å². The van der Waals surface area contributed by atoms with Crippen molar-refractivity contribution in [1.82, 2.24) is 10.3 Å². The Balaban J connectivity index is 0.00000387. The Morgan fingerprint density at radius 3 is 2.41 bits per heavy atom. The zero-order chi connectivity index (χ0) is 28.6. The van der Waals surface area contributed by atoms with Gasteiger partial charge in [0.15, 0.2) is 0 Å². The number of hydrogen-bond acceptors (Lipinski definition) is 4.